The van der Waals surface area contributed by atoms with E-state index in [0.717, 1.165) is 35.4 Å². The van der Waals surface area contributed by atoms with Gasteiger partial charge in [0, 0.05) is 24.9 Å². The molecule has 2 aromatic carbocycles. The maximum atomic E-state index is 11.9. The van der Waals surface area contributed by atoms with E-state index in [1.54, 1.807) is 13.0 Å². The van der Waals surface area contributed by atoms with Gasteiger partial charge in [-0.2, -0.15) is 0 Å². The lowest BCUT2D eigenvalue weighted by atomic mass is 10.0. The molecule has 0 atom stereocenters. The molecule has 1 aliphatic heterocycles. The molecule has 0 N–H and O–H groups in total. The molecule has 0 fully saturated rings. The predicted molar refractivity (Wildman–Crippen MR) is 95.1 cm³/mol. The Morgan fingerprint density at radius 1 is 1.35 bits per heavy atom. The van der Waals surface area contributed by atoms with Crippen LogP contribution in [0.15, 0.2) is 54.6 Å². The number of hydrogen-bond donors (Lipinski definition) is 0. The molecule has 1 heterocycles. The largest absolute Gasteiger partial charge is 0.488 e. The van der Waals surface area contributed by atoms with E-state index >= 15 is 0 Å². The van der Waals surface area contributed by atoms with Crippen LogP contribution in [0.1, 0.15) is 19.4 Å². The summed E-state index contributed by atoms with van der Waals surface area (Å²) >= 11 is 0. The van der Waals surface area contributed by atoms with Gasteiger partial charge in [-0.05, 0) is 29.9 Å². The van der Waals surface area contributed by atoms with Crippen molar-refractivity contribution in [2.75, 3.05) is 18.1 Å². The highest BCUT2D eigenvalue weighted by molar-refractivity contribution is 6.02. The molecule has 118 valence electrons. The van der Waals surface area contributed by atoms with E-state index in [4.69, 9.17) is 4.74 Å². The van der Waals surface area contributed by atoms with Crippen LogP contribution >= 0.6 is 0 Å². The van der Waals surface area contributed by atoms with Gasteiger partial charge in [0.05, 0.1) is 5.69 Å². The SMILES string of the molecule is C=C/C(=C\C)COc1cc2c(c3ccccc13)CCN2C(C)=O. The van der Waals surface area contributed by atoms with Crippen LogP contribution in [0.25, 0.3) is 10.8 Å². The molecule has 0 spiro atoms. The molecule has 0 aliphatic carbocycles. The summed E-state index contributed by atoms with van der Waals surface area (Å²) in [4.78, 5) is 13.7. The monoisotopic (exact) mass is 307 g/mol. The van der Waals surface area contributed by atoms with Crippen LogP contribution in [0.5, 0.6) is 5.75 Å². The zero-order valence-electron chi connectivity index (χ0n) is 13.6. The molecule has 0 aromatic heterocycles. The Kier molecular flexibility index (Phi) is 4.20. The minimum Gasteiger partial charge on any atom is -0.488 e. The van der Waals surface area contributed by atoms with E-state index < -0.39 is 0 Å². The van der Waals surface area contributed by atoms with Gasteiger partial charge < -0.3 is 9.64 Å². The summed E-state index contributed by atoms with van der Waals surface area (Å²) in [7, 11) is 0. The second kappa shape index (κ2) is 6.29. The average molecular weight is 307 g/mol. The number of allylic oxidation sites excluding steroid dienone is 1. The number of hydrogen-bond acceptors (Lipinski definition) is 2. The van der Waals surface area contributed by atoms with E-state index in [1.807, 2.05) is 36.1 Å². The lowest BCUT2D eigenvalue weighted by molar-refractivity contribution is -0.116. The molecule has 0 unspecified atom stereocenters. The second-order valence-corrected chi connectivity index (χ2v) is 5.70. The number of nitrogens with zero attached hydrogens (tertiary/aromatic N) is 1. The fraction of sp³-hybridized carbons (Fsp3) is 0.250. The molecule has 23 heavy (non-hydrogen) atoms. The van der Waals surface area contributed by atoms with Crippen LogP contribution in [0.3, 0.4) is 0 Å². The van der Waals surface area contributed by atoms with Crippen LogP contribution in [-0.4, -0.2) is 19.1 Å². The quantitative estimate of drug-likeness (QED) is 0.790. The molecule has 2 aromatic rings. The van der Waals surface area contributed by atoms with E-state index in [1.165, 1.54) is 10.9 Å². The number of anilines is 1. The smallest absolute Gasteiger partial charge is 0.223 e. The molecular formula is C20H21NO2. The lowest BCUT2D eigenvalue weighted by Gasteiger charge is -2.18. The van der Waals surface area contributed by atoms with Gasteiger partial charge in [-0.1, -0.05) is 43.0 Å². The summed E-state index contributed by atoms with van der Waals surface area (Å²) in [6.45, 7) is 8.60. The maximum absolute atomic E-state index is 11.9. The normalized spacial score (nSPS) is 14.0. The highest BCUT2D eigenvalue weighted by Gasteiger charge is 2.25. The van der Waals surface area contributed by atoms with Crippen LogP contribution in [-0.2, 0) is 11.2 Å². The van der Waals surface area contributed by atoms with Gasteiger partial charge >= 0.3 is 0 Å². The van der Waals surface area contributed by atoms with Crippen LogP contribution in [0, 0.1) is 0 Å². The maximum Gasteiger partial charge on any atom is 0.223 e. The Morgan fingerprint density at radius 3 is 2.74 bits per heavy atom. The van der Waals surface area contributed by atoms with Crippen LogP contribution < -0.4 is 9.64 Å². The fourth-order valence-electron chi connectivity index (χ4n) is 3.10. The van der Waals surface area contributed by atoms with Gasteiger partial charge in [0.25, 0.3) is 0 Å². The molecule has 3 heteroatoms. The van der Waals surface area contributed by atoms with Crippen molar-refractivity contribution in [2.45, 2.75) is 20.3 Å². The highest BCUT2D eigenvalue weighted by atomic mass is 16.5. The molecule has 3 nitrogen and oxygen atoms in total. The number of carbonyl (C=O) groups is 1. The van der Waals surface area contributed by atoms with Crippen molar-refractivity contribution < 1.29 is 9.53 Å². The summed E-state index contributed by atoms with van der Waals surface area (Å²) in [5.41, 5.74) is 3.25. The molecule has 1 amide bonds. The van der Waals surface area contributed by atoms with Crippen molar-refractivity contribution in [1.29, 1.82) is 0 Å². The summed E-state index contributed by atoms with van der Waals surface area (Å²) in [6.07, 6.45) is 4.68. The van der Waals surface area contributed by atoms with Crippen molar-refractivity contribution in [2.24, 2.45) is 0 Å². The van der Waals surface area contributed by atoms with Gasteiger partial charge in [-0.15, -0.1) is 0 Å². The zero-order valence-corrected chi connectivity index (χ0v) is 13.6. The molecular weight excluding hydrogens is 286 g/mol. The Hall–Kier alpha value is -2.55. The van der Waals surface area contributed by atoms with E-state index in [0.29, 0.717) is 6.61 Å². The minimum atomic E-state index is 0.0743. The highest BCUT2D eigenvalue weighted by Crippen LogP contribution is 2.40. The number of amides is 1. The van der Waals surface area contributed by atoms with Gasteiger partial charge in [-0.25, -0.2) is 0 Å². The summed E-state index contributed by atoms with van der Waals surface area (Å²) in [5.74, 6) is 0.888. The van der Waals surface area contributed by atoms with Gasteiger partial charge in [-0.3, -0.25) is 4.79 Å². The molecule has 3 rings (SSSR count). The van der Waals surface area contributed by atoms with Crippen molar-refractivity contribution in [3.63, 3.8) is 0 Å². The summed E-state index contributed by atoms with van der Waals surface area (Å²) in [6, 6.07) is 10.2. The number of carbonyl (C=O) groups excluding carboxylic acids is 1. The van der Waals surface area contributed by atoms with Crippen LogP contribution in [0.2, 0.25) is 0 Å². The Balaban J connectivity index is 2.09. The molecule has 0 saturated carbocycles. The average Bonchev–Trinajstić information content (AvgIpc) is 3.00. The van der Waals surface area contributed by atoms with Gasteiger partial charge in [0.2, 0.25) is 5.91 Å². The van der Waals surface area contributed by atoms with E-state index in [2.05, 4.69) is 18.7 Å². The third-order valence-corrected chi connectivity index (χ3v) is 4.38. The predicted octanol–water partition coefficient (Wildman–Crippen LogP) is 4.26. The lowest BCUT2D eigenvalue weighted by Crippen LogP contribution is -2.25. The van der Waals surface area contributed by atoms with Crippen molar-refractivity contribution in [1.82, 2.24) is 0 Å². The first kappa shape index (κ1) is 15.3. The number of ether oxygens (including phenoxy) is 1. The first-order chi connectivity index (χ1) is 11.2. The third kappa shape index (κ3) is 2.74. The first-order valence-corrected chi connectivity index (χ1v) is 7.89. The second-order valence-electron chi connectivity index (χ2n) is 5.70. The summed E-state index contributed by atoms with van der Waals surface area (Å²) in [5, 5.41) is 2.26. The Morgan fingerprint density at radius 2 is 2.09 bits per heavy atom. The van der Waals surface area contributed by atoms with E-state index in [-0.39, 0.29) is 5.91 Å². The van der Waals surface area contributed by atoms with Gasteiger partial charge in [0.1, 0.15) is 12.4 Å². The van der Waals surface area contributed by atoms with E-state index in [9.17, 15) is 4.79 Å². The molecule has 1 aliphatic rings. The summed E-state index contributed by atoms with van der Waals surface area (Å²) < 4.78 is 6.04. The molecule has 0 saturated heterocycles. The standard InChI is InChI=1S/C20H21NO2/c1-4-15(5-2)13-23-20-12-19-17(10-11-21(19)14(3)22)16-8-6-7-9-18(16)20/h4-9,12H,1,10-11,13H2,2-3H3/b15-5+. The fourth-order valence-corrected chi connectivity index (χ4v) is 3.10. The number of benzene rings is 2. The number of rotatable bonds is 4. The van der Waals surface area contributed by atoms with Gasteiger partial charge in [0.15, 0.2) is 0 Å². The van der Waals surface area contributed by atoms with Crippen molar-refractivity contribution in [3.8, 4) is 5.75 Å². The molecule has 0 bridgehead atoms. The van der Waals surface area contributed by atoms with Crippen molar-refractivity contribution >= 4 is 22.4 Å². The van der Waals surface area contributed by atoms with Crippen LogP contribution in [0.4, 0.5) is 5.69 Å². The Bertz CT molecular complexity index is 805. The third-order valence-electron chi connectivity index (χ3n) is 4.38. The molecule has 0 radical (unpaired) electrons. The number of fused-ring (bicyclic) bond motifs is 3. The first-order valence-electron chi connectivity index (χ1n) is 7.89. The zero-order chi connectivity index (χ0) is 16.4. The Labute approximate surface area is 136 Å². The topological polar surface area (TPSA) is 29.5 Å². The minimum absolute atomic E-state index is 0.0743. The van der Waals surface area contributed by atoms with Crippen molar-refractivity contribution in [3.05, 3.63) is 60.2 Å².